The Bertz CT molecular complexity index is 350. The highest BCUT2D eigenvalue weighted by molar-refractivity contribution is 5.05. The lowest BCUT2D eigenvalue weighted by atomic mass is 9.86. The van der Waals surface area contributed by atoms with E-state index in [9.17, 15) is 0 Å². The lowest BCUT2D eigenvalue weighted by molar-refractivity contribution is 0.313. The highest BCUT2D eigenvalue weighted by Crippen LogP contribution is 2.33. The highest BCUT2D eigenvalue weighted by Gasteiger charge is 2.25. The lowest BCUT2D eigenvalue weighted by Crippen LogP contribution is -2.33. The molecule has 102 valence electrons. The molecule has 0 bridgehead atoms. The van der Waals surface area contributed by atoms with Crippen LogP contribution in [0.15, 0.2) is 12.4 Å². The van der Waals surface area contributed by atoms with Gasteiger partial charge in [0.05, 0.1) is 6.20 Å². The van der Waals surface area contributed by atoms with Gasteiger partial charge in [-0.3, -0.25) is 4.68 Å². The first-order valence-corrected chi connectivity index (χ1v) is 7.36. The Labute approximate surface area is 111 Å². The molecule has 0 aliphatic heterocycles. The van der Waals surface area contributed by atoms with Crippen LogP contribution in [0.4, 0.5) is 0 Å². The first kappa shape index (κ1) is 13.6. The normalized spacial score (nSPS) is 18.7. The van der Waals surface area contributed by atoms with Crippen molar-refractivity contribution >= 4 is 0 Å². The number of nitrogens with one attached hydrogen (secondary N) is 1. The molecule has 1 heterocycles. The van der Waals surface area contributed by atoms with Crippen LogP contribution in [0.25, 0.3) is 0 Å². The van der Waals surface area contributed by atoms with Gasteiger partial charge in [0.1, 0.15) is 0 Å². The second kappa shape index (κ2) is 6.37. The fourth-order valence-corrected chi connectivity index (χ4v) is 3.10. The number of hydrogen-bond acceptors (Lipinski definition) is 2. The van der Waals surface area contributed by atoms with E-state index in [4.69, 9.17) is 0 Å². The van der Waals surface area contributed by atoms with Gasteiger partial charge >= 0.3 is 0 Å². The molecule has 1 aliphatic rings. The monoisotopic (exact) mass is 249 g/mol. The largest absolute Gasteiger partial charge is 0.314 e. The smallest absolute Gasteiger partial charge is 0.0521 e. The van der Waals surface area contributed by atoms with Gasteiger partial charge in [0.15, 0.2) is 0 Å². The van der Waals surface area contributed by atoms with Gasteiger partial charge in [-0.25, -0.2) is 0 Å². The topological polar surface area (TPSA) is 29.9 Å². The maximum absolute atomic E-state index is 4.29. The summed E-state index contributed by atoms with van der Waals surface area (Å²) >= 11 is 0. The van der Waals surface area contributed by atoms with Crippen LogP contribution in [0.3, 0.4) is 0 Å². The summed E-state index contributed by atoms with van der Waals surface area (Å²) in [5.41, 5.74) is 1.39. The minimum absolute atomic E-state index is 0.586. The minimum Gasteiger partial charge on any atom is -0.314 e. The quantitative estimate of drug-likeness (QED) is 0.840. The summed E-state index contributed by atoms with van der Waals surface area (Å²) in [6.45, 7) is 5.61. The summed E-state index contributed by atoms with van der Waals surface area (Å²) in [4.78, 5) is 0. The van der Waals surface area contributed by atoms with E-state index in [0.717, 1.165) is 18.4 Å². The van der Waals surface area contributed by atoms with Gasteiger partial charge in [-0.15, -0.1) is 0 Å². The van der Waals surface area contributed by atoms with Crippen molar-refractivity contribution in [3.8, 4) is 0 Å². The van der Waals surface area contributed by atoms with Crippen molar-refractivity contribution in [3.63, 3.8) is 0 Å². The van der Waals surface area contributed by atoms with Gasteiger partial charge in [-0.2, -0.15) is 5.10 Å². The van der Waals surface area contributed by atoms with Crippen LogP contribution in [-0.2, 0) is 13.5 Å². The second-order valence-electron chi connectivity index (χ2n) is 6.09. The Hall–Kier alpha value is -0.830. The number of aromatic nitrogens is 2. The molecule has 1 unspecified atom stereocenters. The summed E-state index contributed by atoms with van der Waals surface area (Å²) in [6, 6.07) is 0.586. The van der Waals surface area contributed by atoms with E-state index >= 15 is 0 Å². The summed E-state index contributed by atoms with van der Waals surface area (Å²) in [6.07, 6.45) is 11.1. The standard InChI is InChI=1S/C15H27N3/c1-12(2)16-10-15(14-6-4-5-7-14)8-13-9-17-18(3)11-13/h9,11-12,14-16H,4-8,10H2,1-3H3. The molecule has 0 amide bonds. The molecule has 0 aromatic carbocycles. The SMILES string of the molecule is CC(C)NCC(Cc1cnn(C)c1)C1CCCC1. The molecular formula is C15H27N3. The highest BCUT2D eigenvalue weighted by atomic mass is 15.2. The average Bonchev–Trinajstić information content (AvgIpc) is 2.95. The zero-order valence-electron chi connectivity index (χ0n) is 12.0. The van der Waals surface area contributed by atoms with Crippen LogP contribution in [0.5, 0.6) is 0 Å². The summed E-state index contributed by atoms with van der Waals surface area (Å²) in [5, 5.41) is 7.91. The fourth-order valence-electron chi connectivity index (χ4n) is 3.10. The van der Waals surface area contributed by atoms with E-state index in [1.165, 1.54) is 37.7 Å². The molecular weight excluding hydrogens is 222 g/mol. The van der Waals surface area contributed by atoms with E-state index < -0.39 is 0 Å². The summed E-state index contributed by atoms with van der Waals surface area (Å²) < 4.78 is 1.91. The van der Waals surface area contributed by atoms with Crippen molar-refractivity contribution < 1.29 is 0 Å². The first-order valence-electron chi connectivity index (χ1n) is 7.36. The van der Waals surface area contributed by atoms with Crippen molar-refractivity contribution in [2.24, 2.45) is 18.9 Å². The molecule has 1 aromatic heterocycles. The molecule has 1 atom stereocenters. The van der Waals surface area contributed by atoms with Crippen molar-refractivity contribution in [3.05, 3.63) is 18.0 Å². The molecule has 1 aromatic rings. The third-order valence-electron chi connectivity index (χ3n) is 4.11. The van der Waals surface area contributed by atoms with Gasteiger partial charge in [0, 0.05) is 19.3 Å². The van der Waals surface area contributed by atoms with Gasteiger partial charge in [-0.05, 0) is 30.4 Å². The third kappa shape index (κ3) is 3.84. The maximum atomic E-state index is 4.29. The van der Waals surface area contributed by atoms with Crippen LogP contribution in [0.2, 0.25) is 0 Å². The predicted molar refractivity (Wildman–Crippen MR) is 75.5 cm³/mol. The maximum Gasteiger partial charge on any atom is 0.0521 e. The molecule has 18 heavy (non-hydrogen) atoms. The number of nitrogens with zero attached hydrogens (tertiary/aromatic N) is 2. The molecule has 0 saturated heterocycles. The molecule has 0 radical (unpaired) electrons. The van der Waals surface area contributed by atoms with E-state index in [-0.39, 0.29) is 0 Å². The first-order chi connectivity index (χ1) is 8.65. The molecule has 1 fully saturated rings. The van der Waals surface area contributed by atoms with E-state index in [1.807, 2.05) is 17.9 Å². The van der Waals surface area contributed by atoms with Crippen LogP contribution >= 0.6 is 0 Å². The predicted octanol–water partition coefficient (Wildman–Crippen LogP) is 2.77. The fraction of sp³-hybridized carbons (Fsp3) is 0.800. The molecule has 1 aliphatic carbocycles. The number of hydrogen-bond donors (Lipinski definition) is 1. The van der Waals surface area contributed by atoms with Crippen LogP contribution in [0, 0.1) is 11.8 Å². The summed E-state index contributed by atoms with van der Waals surface area (Å²) in [5.74, 6) is 1.69. The number of aryl methyl sites for hydroxylation is 1. The molecule has 3 nitrogen and oxygen atoms in total. The van der Waals surface area contributed by atoms with Crippen molar-refractivity contribution in [2.75, 3.05) is 6.54 Å². The van der Waals surface area contributed by atoms with Crippen LogP contribution in [-0.4, -0.2) is 22.4 Å². The Balaban J connectivity index is 1.94. The van der Waals surface area contributed by atoms with Crippen LogP contribution < -0.4 is 5.32 Å². The molecule has 1 saturated carbocycles. The second-order valence-corrected chi connectivity index (χ2v) is 6.09. The van der Waals surface area contributed by atoms with Crippen LogP contribution in [0.1, 0.15) is 45.1 Å². The Morgan fingerprint density at radius 1 is 1.39 bits per heavy atom. The zero-order valence-corrected chi connectivity index (χ0v) is 12.0. The van der Waals surface area contributed by atoms with E-state index in [2.05, 4.69) is 30.5 Å². The molecule has 2 rings (SSSR count). The molecule has 0 spiro atoms. The Morgan fingerprint density at radius 2 is 2.11 bits per heavy atom. The van der Waals surface area contributed by atoms with Crippen molar-refractivity contribution in [1.29, 1.82) is 0 Å². The number of rotatable bonds is 6. The Kier molecular flexibility index (Phi) is 4.81. The third-order valence-corrected chi connectivity index (χ3v) is 4.11. The molecule has 3 heteroatoms. The van der Waals surface area contributed by atoms with E-state index in [0.29, 0.717) is 6.04 Å². The average molecular weight is 249 g/mol. The minimum atomic E-state index is 0.586. The van der Waals surface area contributed by atoms with Gasteiger partial charge in [0.25, 0.3) is 0 Å². The van der Waals surface area contributed by atoms with Gasteiger partial charge in [0.2, 0.25) is 0 Å². The van der Waals surface area contributed by atoms with E-state index in [1.54, 1.807) is 0 Å². The zero-order chi connectivity index (χ0) is 13.0. The molecule has 1 N–H and O–H groups in total. The Morgan fingerprint density at radius 3 is 2.67 bits per heavy atom. The van der Waals surface area contributed by atoms with Gasteiger partial charge in [-0.1, -0.05) is 39.5 Å². The summed E-state index contributed by atoms with van der Waals surface area (Å²) in [7, 11) is 2.00. The van der Waals surface area contributed by atoms with Gasteiger partial charge < -0.3 is 5.32 Å². The lowest BCUT2D eigenvalue weighted by Gasteiger charge is -2.24. The van der Waals surface area contributed by atoms with Crippen molar-refractivity contribution in [2.45, 2.75) is 52.0 Å². The van der Waals surface area contributed by atoms with Crippen molar-refractivity contribution in [1.82, 2.24) is 15.1 Å².